The average Bonchev–Trinajstić information content (AvgIpc) is 3.75. The number of carbonyl (C=O) groups excluding carboxylic acids is 2. The molecule has 1 unspecified atom stereocenters. The molecule has 1 N–H and O–H groups in total. The Morgan fingerprint density at radius 2 is 1.67 bits per heavy atom. The van der Waals surface area contributed by atoms with Gasteiger partial charge < -0.3 is 14.2 Å². The molecule has 218 valence electrons. The number of aromatic nitrogens is 1. The summed E-state index contributed by atoms with van der Waals surface area (Å²) in [6, 6.07) is 11.5. The van der Waals surface area contributed by atoms with Crippen LogP contribution in [0.4, 0.5) is 18.3 Å². The van der Waals surface area contributed by atoms with Gasteiger partial charge in [-0.05, 0) is 55.3 Å². The van der Waals surface area contributed by atoms with Gasteiger partial charge in [0, 0.05) is 11.6 Å². The highest BCUT2D eigenvalue weighted by Gasteiger charge is 2.37. The minimum atomic E-state index is -3.50. The van der Waals surface area contributed by atoms with Crippen LogP contribution in [-0.2, 0) is 19.4 Å². The summed E-state index contributed by atoms with van der Waals surface area (Å²) in [5.74, 6) is -4.89. The fraction of sp³-hybridized carbons (Fsp3) is 0.179. The van der Waals surface area contributed by atoms with Crippen LogP contribution in [0.25, 0.3) is 0 Å². The second kappa shape index (κ2) is 11.8. The van der Waals surface area contributed by atoms with Gasteiger partial charge in [-0.3, -0.25) is 10.1 Å². The van der Waals surface area contributed by atoms with Crippen molar-refractivity contribution in [3.63, 3.8) is 0 Å². The SMILES string of the molecule is COC(=O)c1ccc(Oc2cnc(NC(=O)C(Oc3ccc(F)cc3F)c3ccc(S(=O)(=O)C4CC4)cc3)s2)c(F)c1. The third kappa shape index (κ3) is 6.39. The third-order valence-electron chi connectivity index (χ3n) is 6.13. The summed E-state index contributed by atoms with van der Waals surface area (Å²) in [5.41, 5.74) is 0.174. The number of anilines is 1. The molecule has 5 rings (SSSR count). The summed E-state index contributed by atoms with van der Waals surface area (Å²) in [6.45, 7) is 0. The maximum absolute atomic E-state index is 14.4. The van der Waals surface area contributed by atoms with Gasteiger partial charge in [-0.1, -0.05) is 23.5 Å². The fourth-order valence-electron chi connectivity index (χ4n) is 3.85. The molecule has 0 aliphatic heterocycles. The zero-order valence-electron chi connectivity index (χ0n) is 21.7. The topological polar surface area (TPSA) is 121 Å². The van der Waals surface area contributed by atoms with Crippen molar-refractivity contribution in [2.24, 2.45) is 0 Å². The lowest BCUT2D eigenvalue weighted by Crippen LogP contribution is -2.26. The van der Waals surface area contributed by atoms with Crippen LogP contribution >= 0.6 is 11.3 Å². The summed E-state index contributed by atoms with van der Waals surface area (Å²) >= 11 is 0.838. The number of hydrogen-bond acceptors (Lipinski definition) is 9. The molecule has 1 saturated carbocycles. The van der Waals surface area contributed by atoms with Gasteiger partial charge >= 0.3 is 5.97 Å². The van der Waals surface area contributed by atoms with Gasteiger partial charge in [-0.15, -0.1) is 0 Å². The Bertz CT molecular complexity index is 1760. The maximum Gasteiger partial charge on any atom is 0.337 e. The normalized spacial score (nSPS) is 13.7. The summed E-state index contributed by atoms with van der Waals surface area (Å²) in [6.07, 6.45) is 0.875. The molecule has 1 aromatic heterocycles. The lowest BCUT2D eigenvalue weighted by Gasteiger charge is -2.19. The van der Waals surface area contributed by atoms with Crippen molar-refractivity contribution in [2.75, 3.05) is 12.4 Å². The molecule has 0 radical (unpaired) electrons. The summed E-state index contributed by atoms with van der Waals surface area (Å²) in [5, 5.41) is 2.18. The van der Waals surface area contributed by atoms with E-state index in [1.807, 2.05) is 0 Å². The van der Waals surface area contributed by atoms with E-state index >= 15 is 0 Å². The Hall–Kier alpha value is -4.43. The number of esters is 1. The molecular formula is C28H21F3N2O7S2. The first-order valence-electron chi connectivity index (χ1n) is 12.3. The lowest BCUT2D eigenvalue weighted by atomic mass is 10.1. The molecule has 1 heterocycles. The van der Waals surface area contributed by atoms with E-state index in [2.05, 4.69) is 15.0 Å². The molecular weight excluding hydrogens is 597 g/mol. The van der Waals surface area contributed by atoms with E-state index in [-0.39, 0.29) is 32.0 Å². The Morgan fingerprint density at radius 3 is 2.31 bits per heavy atom. The van der Waals surface area contributed by atoms with Crippen LogP contribution in [0.2, 0.25) is 0 Å². The number of methoxy groups -OCH3 is 1. The molecule has 9 nitrogen and oxygen atoms in total. The smallest absolute Gasteiger partial charge is 0.337 e. The van der Waals surface area contributed by atoms with Gasteiger partial charge in [0.2, 0.25) is 11.2 Å². The van der Waals surface area contributed by atoms with Crippen molar-refractivity contribution in [3.8, 4) is 16.6 Å². The predicted molar refractivity (Wildman–Crippen MR) is 145 cm³/mol. The van der Waals surface area contributed by atoms with Crippen LogP contribution in [0.15, 0.2) is 71.8 Å². The van der Waals surface area contributed by atoms with Gasteiger partial charge in [0.25, 0.3) is 5.91 Å². The van der Waals surface area contributed by atoms with E-state index in [0.717, 1.165) is 36.6 Å². The summed E-state index contributed by atoms with van der Waals surface area (Å²) < 4.78 is 83.1. The number of hydrogen-bond donors (Lipinski definition) is 1. The third-order valence-corrected chi connectivity index (χ3v) is 9.20. The number of amides is 1. The molecule has 1 aliphatic carbocycles. The molecule has 0 saturated heterocycles. The van der Waals surface area contributed by atoms with E-state index in [1.165, 1.54) is 42.6 Å². The highest BCUT2D eigenvalue weighted by atomic mass is 32.2. The van der Waals surface area contributed by atoms with E-state index in [4.69, 9.17) is 9.47 Å². The van der Waals surface area contributed by atoms with Gasteiger partial charge in [-0.2, -0.15) is 0 Å². The number of ether oxygens (including phenoxy) is 3. The molecule has 1 fully saturated rings. The second-order valence-electron chi connectivity index (χ2n) is 9.10. The minimum absolute atomic E-state index is 0.0126. The van der Waals surface area contributed by atoms with Crippen molar-refractivity contribution in [3.05, 3.63) is 95.4 Å². The molecule has 3 aromatic carbocycles. The van der Waals surface area contributed by atoms with E-state index in [1.54, 1.807) is 0 Å². The Labute approximate surface area is 241 Å². The van der Waals surface area contributed by atoms with Gasteiger partial charge in [-0.25, -0.2) is 31.4 Å². The Morgan fingerprint density at radius 1 is 0.976 bits per heavy atom. The average molecular weight is 619 g/mol. The summed E-state index contributed by atoms with van der Waals surface area (Å²) in [7, 11) is -2.33. The number of nitrogens with one attached hydrogen (secondary N) is 1. The number of nitrogens with zero attached hydrogens (tertiary/aromatic N) is 1. The number of halogens is 3. The first-order valence-corrected chi connectivity index (χ1v) is 14.7. The Kier molecular flexibility index (Phi) is 8.18. The fourth-order valence-corrected chi connectivity index (χ4v) is 6.19. The molecule has 1 aliphatic rings. The van der Waals surface area contributed by atoms with Crippen LogP contribution in [0.3, 0.4) is 0 Å². The molecule has 4 aromatic rings. The molecule has 1 atom stereocenters. The Balaban J connectivity index is 1.36. The van der Waals surface area contributed by atoms with Crippen molar-refractivity contribution >= 4 is 38.2 Å². The van der Waals surface area contributed by atoms with E-state index < -0.39 is 56.3 Å². The molecule has 1 amide bonds. The quantitative estimate of drug-likeness (QED) is 0.220. The predicted octanol–water partition coefficient (Wildman–Crippen LogP) is 5.83. The van der Waals surface area contributed by atoms with Crippen molar-refractivity contribution in [1.82, 2.24) is 4.98 Å². The van der Waals surface area contributed by atoms with E-state index in [0.29, 0.717) is 18.9 Å². The van der Waals surface area contributed by atoms with Crippen LogP contribution in [0.5, 0.6) is 16.6 Å². The van der Waals surface area contributed by atoms with Crippen molar-refractivity contribution in [2.45, 2.75) is 29.1 Å². The molecule has 42 heavy (non-hydrogen) atoms. The highest BCUT2D eigenvalue weighted by molar-refractivity contribution is 7.92. The number of thiazole rings is 1. The second-order valence-corrected chi connectivity index (χ2v) is 12.3. The highest BCUT2D eigenvalue weighted by Crippen LogP contribution is 2.35. The van der Waals surface area contributed by atoms with Gasteiger partial charge in [0.1, 0.15) is 5.82 Å². The zero-order valence-corrected chi connectivity index (χ0v) is 23.3. The number of benzene rings is 3. The largest absolute Gasteiger partial charge is 0.473 e. The van der Waals surface area contributed by atoms with Crippen LogP contribution in [-0.4, -0.2) is 37.6 Å². The number of carbonyl (C=O) groups is 2. The first-order chi connectivity index (χ1) is 20.0. The van der Waals surface area contributed by atoms with Crippen LogP contribution in [0.1, 0.15) is 34.9 Å². The summed E-state index contributed by atoms with van der Waals surface area (Å²) in [4.78, 5) is 29.0. The monoisotopic (exact) mass is 618 g/mol. The van der Waals surface area contributed by atoms with Gasteiger partial charge in [0.05, 0.1) is 29.0 Å². The van der Waals surface area contributed by atoms with Crippen molar-refractivity contribution in [1.29, 1.82) is 0 Å². The zero-order chi connectivity index (χ0) is 30.0. The maximum atomic E-state index is 14.4. The lowest BCUT2D eigenvalue weighted by molar-refractivity contribution is -0.123. The first kappa shape index (κ1) is 29.1. The molecule has 0 bridgehead atoms. The van der Waals surface area contributed by atoms with E-state index in [9.17, 15) is 31.2 Å². The number of sulfone groups is 1. The van der Waals surface area contributed by atoms with Crippen LogP contribution in [0, 0.1) is 17.5 Å². The van der Waals surface area contributed by atoms with Crippen molar-refractivity contribution < 1.29 is 45.4 Å². The molecule has 0 spiro atoms. The minimum Gasteiger partial charge on any atom is -0.473 e. The molecule has 14 heteroatoms. The van der Waals surface area contributed by atoms with Gasteiger partial charge in [0.15, 0.2) is 38.1 Å². The van der Waals surface area contributed by atoms with Crippen LogP contribution < -0.4 is 14.8 Å². The standard InChI is InChI=1S/C28H21F3N2O7S2/c1-38-27(35)16-4-10-22(20(30)12-16)39-24-14-32-28(41-24)33-26(34)25(40-23-11-5-17(29)13-21(23)31)15-2-6-18(7-3-15)42(36,37)19-8-9-19/h2-7,10-14,19,25H,8-9H2,1H3,(H,32,33,34). The number of rotatable bonds is 10.